The van der Waals surface area contributed by atoms with E-state index < -0.39 is 5.60 Å². The number of fused-ring (bicyclic) bond motifs is 1. The van der Waals surface area contributed by atoms with Crippen LogP contribution in [0.1, 0.15) is 35.1 Å². The van der Waals surface area contributed by atoms with Crippen molar-refractivity contribution in [2.24, 2.45) is 0 Å². The zero-order valence-electron chi connectivity index (χ0n) is 14.8. The highest BCUT2D eigenvalue weighted by Gasteiger charge is 2.27. The highest BCUT2D eigenvalue weighted by Crippen LogP contribution is 2.27. The maximum atomic E-state index is 12.1. The third-order valence-electron chi connectivity index (χ3n) is 4.37. The molecule has 0 saturated carbocycles. The maximum Gasteiger partial charge on any atom is 0.244 e. The molecule has 1 aromatic carbocycles. The summed E-state index contributed by atoms with van der Waals surface area (Å²) in [5, 5.41) is 13.3. The van der Waals surface area contributed by atoms with Crippen LogP contribution >= 0.6 is 0 Å². The Morgan fingerprint density at radius 2 is 2.16 bits per heavy atom. The van der Waals surface area contributed by atoms with Crippen molar-refractivity contribution in [1.29, 1.82) is 0 Å². The van der Waals surface area contributed by atoms with E-state index in [0.717, 1.165) is 29.1 Å². The molecular formula is C20H23NO4. The molecule has 1 atom stereocenters. The Kier molecular flexibility index (Phi) is 4.68. The van der Waals surface area contributed by atoms with Crippen molar-refractivity contribution in [3.05, 3.63) is 58.6 Å². The molecule has 25 heavy (non-hydrogen) atoms. The lowest BCUT2D eigenvalue weighted by atomic mass is 9.96. The molecule has 1 aliphatic rings. The number of ether oxygens (including phenoxy) is 1. The van der Waals surface area contributed by atoms with E-state index in [1.54, 1.807) is 26.0 Å². The summed E-state index contributed by atoms with van der Waals surface area (Å²) >= 11 is 0. The molecule has 0 bridgehead atoms. The third kappa shape index (κ3) is 3.94. The van der Waals surface area contributed by atoms with Gasteiger partial charge in [0.25, 0.3) is 0 Å². The highest BCUT2D eigenvalue weighted by atomic mass is 16.5. The lowest BCUT2D eigenvalue weighted by Gasteiger charge is -2.22. The average molecular weight is 341 g/mol. The van der Waals surface area contributed by atoms with Crippen LogP contribution in [-0.2, 0) is 16.8 Å². The second kappa shape index (κ2) is 6.76. The van der Waals surface area contributed by atoms with Crippen LogP contribution in [0.4, 0.5) is 0 Å². The van der Waals surface area contributed by atoms with Crippen molar-refractivity contribution in [2.45, 2.75) is 32.8 Å². The van der Waals surface area contributed by atoms with Crippen LogP contribution in [0.15, 0.2) is 34.8 Å². The van der Waals surface area contributed by atoms with Gasteiger partial charge in [0.15, 0.2) is 0 Å². The van der Waals surface area contributed by atoms with Gasteiger partial charge in [0, 0.05) is 18.1 Å². The van der Waals surface area contributed by atoms with Gasteiger partial charge in [-0.3, -0.25) is 4.79 Å². The molecule has 5 heteroatoms. The summed E-state index contributed by atoms with van der Waals surface area (Å²) in [5.41, 5.74) is 1.62. The molecule has 0 radical (unpaired) electrons. The molecule has 0 aliphatic carbocycles. The van der Waals surface area contributed by atoms with Gasteiger partial charge >= 0.3 is 0 Å². The zero-order chi connectivity index (χ0) is 18.0. The lowest BCUT2D eigenvalue weighted by molar-refractivity contribution is -0.117. The Morgan fingerprint density at radius 1 is 1.36 bits per heavy atom. The quantitative estimate of drug-likeness (QED) is 0.821. The molecule has 1 unspecified atom stereocenters. The highest BCUT2D eigenvalue weighted by molar-refractivity contribution is 5.91. The first kappa shape index (κ1) is 17.3. The van der Waals surface area contributed by atoms with Crippen molar-refractivity contribution >= 4 is 12.0 Å². The Balaban J connectivity index is 1.60. The number of hydrogen-bond acceptors (Lipinski definition) is 4. The third-order valence-corrected chi connectivity index (χ3v) is 4.37. The summed E-state index contributed by atoms with van der Waals surface area (Å²) in [4.78, 5) is 12.1. The molecule has 2 N–H and O–H groups in total. The van der Waals surface area contributed by atoms with E-state index in [-0.39, 0.29) is 12.5 Å². The molecule has 1 amide bonds. The van der Waals surface area contributed by atoms with Crippen molar-refractivity contribution < 1.29 is 19.1 Å². The number of carbonyl (C=O) groups excluding carboxylic acids is 1. The smallest absolute Gasteiger partial charge is 0.244 e. The first-order valence-electron chi connectivity index (χ1n) is 8.37. The van der Waals surface area contributed by atoms with E-state index in [0.29, 0.717) is 17.9 Å². The Labute approximate surface area is 147 Å². The molecule has 1 aromatic heterocycles. The summed E-state index contributed by atoms with van der Waals surface area (Å²) in [6.45, 7) is 6.11. The zero-order valence-corrected chi connectivity index (χ0v) is 14.8. The molecule has 0 spiro atoms. The van der Waals surface area contributed by atoms with E-state index in [1.165, 1.54) is 6.08 Å². The first-order valence-corrected chi connectivity index (χ1v) is 8.37. The first-order chi connectivity index (χ1) is 11.8. The fraction of sp³-hybridized carbons (Fsp3) is 0.350. The molecule has 2 heterocycles. The molecule has 1 aliphatic heterocycles. The van der Waals surface area contributed by atoms with E-state index in [1.807, 2.05) is 25.1 Å². The molecule has 5 nitrogen and oxygen atoms in total. The SMILES string of the molecule is Cc1cc(C(C)(O)CNC(=O)C=Cc2ccc3c(c2)CCO3)c(C)o1. The van der Waals surface area contributed by atoms with Gasteiger partial charge in [-0.25, -0.2) is 0 Å². The van der Waals surface area contributed by atoms with Gasteiger partial charge in [0.1, 0.15) is 22.9 Å². The standard InChI is InChI=1S/C20H23NO4/c1-13-10-17(14(2)25-13)20(3,23)12-21-19(22)7-5-15-4-6-18-16(11-15)8-9-24-18/h4-7,10-11,23H,8-9,12H2,1-3H3,(H,21,22). The second-order valence-corrected chi connectivity index (χ2v) is 6.62. The molecule has 0 fully saturated rings. The normalized spacial score (nSPS) is 15.7. The Bertz CT molecular complexity index is 817. The van der Waals surface area contributed by atoms with Crippen LogP contribution in [0.2, 0.25) is 0 Å². The maximum absolute atomic E-state index is 12.1. The fourth-order valence-corrected chi connectivity index (χ4v) is 3.06. The van der Waals surface area contributed by atoms with E-state index in [9.17, 15) is 9.90 Å². The summed E-state index contributed by atoms with van der Waals surface area (Å²) in [7, 11) is 0. The van der Waals surface area contributed by atoms with Crippen molar-refractivity contribution in [1.82, 2.24) is 5.32 Å². The van der Waals surface area contributed by atoms with Crippen molar-refractivity contribution in [3.63, 3.8) is 0 Å². The van der Waals surface area contributed by atoms with Gasteiger partial charge in [0.05, 0.1) is 13.2 Å². The van der Waals surface area contributed by atoms with Gasteiger partial charge in [-0.2, -0.15) is 0 Å². The van der Waals surface area contributed by atoms with Gasteiger partial charge in [-0.05, 0) is 56.2 Å². The second-order valence-electron chi connectivity index (χ2n) is 6.62. The molecule has 0 saturated heterocycles. The number of amides is 1. The number of hydrogen-bond donors (Lipinski definition) is 2. The molecule has 132 valence electrons. The van der Waals surface area contributed by atoms with E-state index >= 15 is 0 Å². The summed E-state index contributed by atoms with van der Waals surface area (Å²) in [5.74, 6) is 2.06. The van der Waals surface area contributed by atoms with Gasteiger partial charge in [-0.1, -0.05) is 6.07 Å². The number of benzene rings is 1. The minimum atomic E-state index is -1.18. The summed E-state index contributed by atoms with van der Waals surface area (Å²) in [6, 6.07) is 7.67. The minimum absolute atomic E-state index is 0.105. The van der Waals surface area contributed by atoms with Crippen LogP contribution in [-0.4, -0.2) is 24.2 Å². The van der Waals surface area contributed by atoms with Gasteiger partial charge < -0.3 is 19.6 Å². The van der Waals surface area contributed by atoms with Crippen LogP contribution < -0.4 is 10.1 Å². The predicted molar refractivity (Wildman–Crippen MR) is 95.4 cm³/mol. The summed E-state index contributed by atoms with van der Waals surface area (Å²) < 4.78 is 10.9. The minimum Gasteiger partial charge on any atom is -0.493 e. The van der Waals surface area contributed by atoms with E-state index in [2.05, 4.69) is 5.32 Å². The Morgan fingerprint density at radius 3 is 2.88 bits per heavy atom. The van der Waals surface area contributed by atoms with Crippen molar-refractivity contribution in [2.75, 3.05) is 13.2 Å². The predicted octanol–water partition coefficient (Wildman–Crippen LogP) is 2.87. The number of aryl methyl sites for hydroxylation is 2. The number of furan rings is 1. The number of nitrogens with one attached hydrogen (secondary N) is 1. The van der Waals surface area contributed by atoms with E-state index in [4.69, 9.17) is 9.15 Å². The summed E-state index contributed by atoms with van der Waals surface area (Å²) in [6.07, 6.45) is 4.13. The number of aliphatic hydroxyl groups is 1. The average Bonchev–Trinajstić information content (AvgIpc) is 3.16. The topological polar surface area (TPSA) is 71.7 Å². The number of rotatable bonds is 5. The van der Waals surface area contributed by atoms with Crippen LogP contribution in [0.25, 0.3) is 6.08 Å². The van der Waals surface area contributed by atoms with Crippen LogP contribution in [0.5, 0.6) is 5.75 Å². The van der Waals surface area contributed by atoms with Gasteiger partial charge in [0.2, 0.25) is 5.91 Å². The monoisotopic (exact) mass is 341 g/mol. The van der Waals surface area contributed by atoms with Crippen LogP contribution in [0, 0.1) is 13.8 Å². The number of carbonyl (C=O) groups is 1. The molecule has 3 rings (SSSR count). The van der Waals surface area contributed by atoms with Gasteiger partial charge in [-0.15, -0.1) is 0 Å². The van der Waals surface area contributed by atoms with Crippen LogP contribution in [0.3, 0.4) is 0 Å². The lowest BCUT2D eigenvalue weighted by Crippen LogP contribution is -2.38. The largest absolute Gasteiger partial charge is 0.493 e. The molecule has 2 aromatic rings. The molecular weight excluding hydrogens is 318 g/mol. The fourth-order valence-electron chi connectivity index (χ4n) is 3.06. The van der Waals surface area contributed by atoms with Crippen molar-refractivity contribution in [3.8, 4) is 5.75 Å². The Hall–Kier alpha value is -2.53.